The number of hydrogen-bond donors (Lipinski definition) is 3. The standard InChI is InChI=1S/C22H30ClN5O3/c1-26-6-4-17(5-7-26)27-8-10-28(11-9-27)22(31)20(14-29)25-21(30)19-13-15-12-16(23)2-3-18(15)24-19/h2-3,12-13,17,20,24,29H,4-11,14H2,1H3,(H,25,30)/t20-/m0/s1. The van der Waals surface area contributed by atoms with Gasteiger partial charge >= 0.3 is 0 Å². The first-order chi connectivity index (χ1) is 14.9. The van der Waals surface area contributed by atoms with Crippen molar-refractivity contribution in [3.63, 3.8) is 0 Å². The van der Waals surface area contributed by atoms with Gasteiger partial charge in [-0.05, 0) is 57.2 Å². The van der Waals surface area contributed by atoms with Gasteiger partial charge in [0.25, 0.3) is 5.91 Å². The lowest BCUT2D eigenvalue weighted by Crippen LogP contribution is -2.58. The largest absolute Gasteiger partial charge is 0.394 e. The predicted octanol–water partition coefficient (Wildman–Crippen LogP) is 1.15. The molecule has 9 heteroatoms. The Morgan fingerprint density at radius 2 is 1.87 bits per heavy atom. The van der Waals surface area contributed by atoms with Crippen LogP contribution in [0.1, 0.15) is 23.3 Å². The molecule has 2 aromatic rings. The molecule has 0 unspecified atom stereocenters. The van der Waals surface area contributed by atoms with Crippen molar-refractivity contribution < 1.29 is 14.7 Å². The number of halogens is 1. The number of nitrogens with one attached hydrogen (secondary N) is 2. The van der Waals surface area contributed by atoms with Crippen molar-refractivity contribution in [2.45, 2.75) is 24.9 Å². The molecule has 0 spiro atoms. The van der Waals surface area contributed by atoms with E-state index in [9.17, 15) is 14.7 Å². The molecule has 31 heavy (non-hydrogen) atoms. The first-order valence-electron chi connectivity index (χ1n) is 10.9. The molecule has 0 bridgehead atoms. The highest BCUT2D eigenvalue weighted by Gasteiger charge is 2.31. The number of aliphatic hydroxyl groups is 1. The van der Waals surface area contributed by atoms with Crippen molar-refractivity contribution in [2.24, 2.45) is 0 Å². The van der Waals surface area contributed by atoms with Crippen LogP contribution in [-0.2, 0) is 4.79 Å². The van der Waals surface area contributed by atoms with Gasteiger partial charge in [-0.15, -0.1) is 0 Å². The summed E-state index contributed by atoms with van der Waals surface area (Å²) in [5, 5.41) is 13.8. The molecule has 8 nitrogen and oxygen atoms in total. The molecule has 3 N–H and O–H groups in total. The number of nitrogens with zero attached hydrogens (tertiary/aromatic N) is 3. The third-order valence-electron chi connectivity index (χ3n) is 6.44. The molecule has 2 saturated heterocycles. The van der Waals surface area contributed by atoms with Gasteiger partial charge in [0.05, 0.1) is 6.61 Å². The average Bonchev–Trinajstić information content (AvgIpc) is 3.21. The number of aromatic amines is 1. The predicted molar refractivity (Wildman–Crippen MR) is 120 cm³/mol. The lowest BCUT2D eigenvalue weighted by Gasteiger charge is -2.42. The Labute approximate surface area is 187 Å². The van der Waals surface area contributed by atoms with E-state index < -0.39 is 18.6 Å². The highest BCUT2D eigenvalue weighted by molar-refractivity contribution is 6.31. The van der Waals surface area contributed by atoms with Gasteiger partial charge in [-0.3, -0.25) is 14.5 Å². The third kappa shape index (κ3) is 5.03. The van der Waals surface area contributed by atoms with Crippen molar-refractivity contribution >= 4 is 34.3 Å². The number of carbonyl (C=O) groups excluding carboxylic acids is 2. The summed E-state index contributed by atoms with van der Waals surface area (Å²) in [6.07, 6.45) is 2.32. The highest BCUT2D eigenvalue weighted by atomic mass is 35.5. The van der Waals surface area contributed by atoms with Gasteiger partial charge in [0, 0.05) is 48.1 Å². The first-order valence-corrected chi connectivity index (χ1v) is 11.2. The second-order valence-corrected chi connectivity index (χ2v) is 8.96. The number of piperazine rings is 1. The zero-order valence-electron chi connectivity index (χ0n) is 17.8. The van der Waals surface area contributed by atoms with Crippen LogP contribution in [0.2, 0.25) is 5.02 Å². The Hall–Kier alpha value is -2.13. The van der Waals surface area contributed by atoms with E-state index in [1.54, 1.807) is 29.2 Å². The first kappa shape index (κ1) is 22.1. The van der Waals surface area contributed by atoms with Crippen LogP contribution in [0, 0.1) is 0 Å². The van der Waals surface area contributed by atoms with Crippen LogP contribution in [0.15, 0.2) is 24.3 Å². The molecule has 1 aromatic heterocycles. The molecule has 2 aliphatic rings. The fraction of sp³-hybridized carbons (Fsp3) is 0.545. The molecule has 0 saturated carbocycles. The summed E-state index contributed by atoms with van der Waals surface area (Å²) in [5.74, 6) is -0.664. The fourth-order valence-corrected chi connectivity index (χ4v) is 4.72. The van der Waals surface area contributed by atoms with Crippen LogP contribution in [0.25, 0.3) is 10.9 Å². The number of rotatable bonds is 5. The number of hydrogen-bond acceptors (Lipinski definition) is 5. The minimum absolute atomic E-state index is 0.238. The number of H-pyrrole nitrogens is 1. The van der Waals surface area contributed by atoms with Crippen LogP contribution in [0.5, 0.6) is 0 Å². The SMILES string of the molecule is CN1CCC(N2CCN(C(=O)[C@H](CO)NC(=O)c3cc4cc(Cl)ccc4[nH]3)CC2)CC1. The molecule has 1 atom stereocenters. The lowest BCUT2D eigenvalue weighted by molar-refractivity contribution is -0.136. The quantitative estimate of drug-likeness (QED) is 0.639. The van der Waals surface area contributed by atoms with E-state index >= 15 is 0 Å². The van der Waals surface area contributed by atoms with Crippen molar-refractivity contribution in [1.29, 1.82) is 0 Å². The van der Waals surface area contributed by atoms with Crippen LogP contribution in [0.3, 0.4) is 0 Å². The molecule has 1 aromatic carbocycles. The topological polar surface area (TPSA) is 91.9 Å². The van der Waals surface area contributed by atoms with E-state index in [0.717, 1.165) is 49.9 Å². The fourth-order valence-electron chi connectivity index (χ4n) is 4.54. The van der Waals surface area contributed by atoms with Crippen LogP contribution >= 0.6 is 11.6 Å². The minimum atomic E-state index is -0.961. The normalized spacial score (nSPS) is 20.2. The van der Waals surface area contributed by atoms with E-state index in [-0.39, 0.29) is 5.91 Å². The monoisotopic (exact) mass is 447 g/mol. The van der Waals surface area contributed by atoms with Gasteiger partial charge in [0.15, 0.2) is 0 Å². The summed E-state index contributed by atoms with van der Waals surface area (Å²) in [5.41, 5.74) is 1.11. The number of likely N-dealkylation sites (tertiary alicyclic amines) is 1. The zero-order chi connectivity index (χ0) is 22.0. The summed E-state index contributed by atoms with van der Waals surface area (Å²) >= 11 is 6.00. The van der Waals surface area contributed by atoms with Crippen LogP contribution in [0.4, 0.5) is 0 Å². The lowest BCUT2D eigenvalue weighted by atomic mass is 10.0. The molecule has 3 heterocycles. The molecule has 2 fully saturated rings. The molecule has 0 aliphatic carbocycles. The zero-order valence-corrected chi connectivity index (χ0v) is 18.6. The van der Waals surface area contributed by atoms with Crippen molar-refractivity contribution in [3.05, 3.63) is 35.0 Å². The van der Waals surface area contributed by atoms with Gasteiger partial charge in [0.1, 0.15) is 11.7 Å². The number of aromatic nitrogens is 1. The Balaban J connectivity index is 1.33. The summed E-state index contributed by atoms with van der Waals surface area (Å²) < 4.78 is 0. The smallest absolute Gasteiger partial charge is 0.268 e. The van der Waals surface area contributed by atoms with Gasteiger partial charge in [0.2, 0.25) is 5.91 Å². The second kappa shape index (κ2) is 9.56. The van der Waals surface area contributed by atoms with E-state index in [1.165, 1.54) is 0 Å². The highest BCUT2D eigenvalue weighted by Crippen LogP contribution is 2.20. The number of benzene rings is 1. The summed E-state index contributed by atoms with van der Waals surface area (Å²) in [7, 11) is 2.15. The number of piperidine rings is 1. The average molecular weight is 448 g/mol. The van der Waals surface area contributed by atoms with Gasteiger partial charge < -0.3 is 25.2 Å². The second-order valence-electron chi connectivity index (χ2n) is 8.52. The minimum Gasteiger partial charge on any atom is -0.394 e. The van der Waals surface area contributed by atoms with Gasteiger partial charge in [-0.25, -0.2) is 0 Å². The third-order valence-corrected chi connectivity index (χ3v) is 6.68. The Morgan fingerprint density at radius 3 is 2.55 bits per heavy atom. The van der Waals surface area contributed by atoms with E-state index in [4.69, 9.17) is 11.6 Å². The summed E-state index contributed by atoms with van der Waals surface area (Å²) in [6, 6.07) is 6.62. The maximum Gasteiger partial charge on any atom is 0.268 e. The van der Waals surface area contributed by atoms with Crippen molar-refractivity contribution in [3.8, 4) is 0 Å². The number of fused-ring (bicyclic) bond motifs is 1. The van der Waals surface area contributed by atoms with Crippen molar-refractivity contribution in [1.82, 2.24) is 25.0 Å². The molecule has 4 rings (SSSR count). The molecule has 168 valence electrons. The Morgan fingerprint density at radius 1 is 1.16 bits per heavy atom. The molecule has 2 aliphatic heterocycles. The number of amides is 2. The molecular weight excluding hydrogens is 418 g/mol. The van der Waals surface area contributed by atoms with Crippen LogP contribution in [-0.4, -0.2) is 102 Å². The molecular formula is C22H30ClN5O3. The Kier molecular flexibility index (Phi) is 6.81. The maximum atomic E-state index is 12.9. The van der Waals surface area contributed by atoms with E-state index in [1.807, 2.05) is 0 Å². The maximum absolute atomic E-state index is 12.9. The van der Waals surface area contributed by atoms with Crippen molar-refractivity contribution in [2.75, 3.05) is 52.9 Å². The molecule has 0 radical (unpaired) electrons. The molecule has 2 amide bonds. The number of aliphatic hydroxyl groups excluding tert-OH is 1. The van der Waals surface area contributed by atoms with Gasteiger partial charge in [-0.1, -0.05) is 11.6 Å². The van der Waals surface area contributed by atoms with E-state index in [0.29, 0.717) is 29.8 Å². The number of carbonyl (C=O) groups is 2. The van der Waals surface area contributed by atoms with Gasteiger partial charge in [-0.2, -0.15) is 0 Å². The van der Waals surface area contributed by atoms with Crippen LogP contribution < -0.4 is 5.32 Å². The summed E-state index contributed by atoms with van der Waals surface area (Å²) in [4.78, 5) is 35.2. The summed E-state index contributed by atoms with van der Waals surface area (Å²) in [6.45, 7) is 4.67. The van der Waals surface area contributed by atoms with E-state index in [2.05, 4.69) is 27.1 Å². The Bertz CT molecular complexity index is 932.